The largest absolute Gasteiger partial charge is 0.490 e. The number of halogens is 3. The molecule has 5 heteroatoms. The normalized spacial score (nSPS) is 22.3. The highest BCUT2D eigenvalue weighted by Crippen LogP contribution is 2.36. The van der Waals surface area contributed by atoms with Crippen LogP contribution in [0.5, 0.6) is 5.75 Å². The molecule has 1 fully saturated rings. The molecular weight excluding hydrogens is 416 g/mol. The number of benzene rings is 1. The van der Waals surface area contributed by atoms with Crippen molar-refractivity contribution in [2.24, 2.45) is 0 Å². The average molecular weight is 427 g/mol. The highest BCUT2D eigenvalue weighted by atomic mass is 79.9. The van der Waals surface area contributed by atoms with Crippen molar-refractivity contribution in [1.29, 1.82) is 0 Å². The summed E-state index contributed by atoms with van der Waals surface area (Å²) in [5.41, 5.74) is 0. The number of rotatable bonds is 5. The second-order valence-corrected chi connectivity index (χ2v) is 6.31. The van der Waals surface area contributed by atoms with Crippen molar-refractivity contribution in [3.63, 3.8) is 0 Å². The van der Waals surface area contributed by atoms with E-state index in [4.69, 9.17) is 9.47 Å². The quantitative estimate of drug-likeness (QED) is 0.387. The van der Waals surface area contributed by atoms with E-state index in [1.54, 1.807) is 0 Å². The molecule has 1 aliphatic heterocycles. The van der Waals surface area contributed by atoms with Crippen LogP contribution in [0.2, 0.25) is 0 Å². The van der Waals surface area contributed by atoms with Gasteiger partial charge in [-0.25, -0.2) is 0 Å². The Kier molecular flexibility index (Phi) is 4.69. The van der Waals surface area contributed by atoms with E-state index in [0.717, 1.165) is 25.6 Å². The van der Waals surface area contributed by atoms with E-state index in [2.05, 4.69) is 54.4 Å². The lowest BCUT2D eigenvalue weighted by Crippen LogP contribution is -2.07. The maximum absolute atomic E-state index is 5.73. The van der Waals surface area contributed by atoms with Gasteiger partial charge >= 0.3 is 0 Å². The molecule has 1 aliphatic rings. The third-order valence-corrected chi connectivity index (χ3v) is 4.88. The molecule has 1 saturated heterocycles. The van der Waals surface area contributed by atoms with Gasteiger partial charge in [-0.1, -0.05) is 22.0 Å². The van der Waals surface area contributed by atoms with Gasteiger partial charge in [-0.2, -0.15) is 0 Å². The van der Waals surface area contributed by atoms with Crippen LogP contribution < -0.4 is 4.74 Å². The molecule has 2 nitrogen and oxygen atoms in total. The molecule has 1 aromatic rings. The summed E-state index contributed by atoms with van der Waals surface area (Å²) in [4.78, 5) is 0. The molecule has 92 valence electrons. The molecule has 1 heterocycles. The lowest BCUT2D eigenvalue weighted by Gasteiger charge is -2.08. The van der Waals surface area contributed by atoms with Crippen molar-refractivity contribution in [3.8, 4) is 5.75 Å². The van der Waals surface area contributed by atoms with E-state index in [1.165, 1.54) is 0 Å². The fourth-order valence-corrected chi connectivity index (χ4v) is 3.04. The van der Waals surface area contributed by atoms with Crippen molar-refractivity contribution in [2.75, 3.05) is 6.61 Å². The van der Waals surface area contributed by atoms with E-state index in [1.807, 2.05) is 18.2 Å². The molecule has 2 atom stereocenters. The van der Waals surface area contributed by atoms with E-state index in [0.29, 0.717) is 6.61 Å². The Hall–Kier alpha value is 0.160. The summed E-state index contributed by atoms with van der Waals surface area (Å²) in [5, 5.41) is 0. The molecule has 0 aliphatic carbocycles. The first kappa shape index (κ1) is 13.6. The van der Waals surface area contributed by atoms with E-state index in [9.17, 15) is 0 Å². The number of hydrogen-bond acceptors (Lipinski definition) is 2. The van der Waals surface area contributed by atoms with Crippen molar-refractivity contribution in [1.82, 2.24) is 0 Å². The fourth-order valence-electron chi connectivity index (χ4n) is 1.51. The Balaban J connectivity index is 1.93. The van der Waals surface area contributed by atoms with Gasteiger partial charge in [0.1, 0.15) is 18.5 Å². The molecule has 0 spiro atoms. The van der Waals surface area contributed by atoms with Crippen LogP contribution in [-0.2, 0) is 4.74 Å². The third-order valence-electron chi connectivity index (χ3n) is 2.45. The second kappa shape index (κ2) is 5.87. The lowest BCUT2D eigenvalue weighted by molar-refractivity contribution is 0.259. The summed E-state index contributed by atoms with van der Waals surface area (Å²) < 4.78 is 14.0. The van der Waals surface area contributed by atoms with Crippen LogP contribution in [0, 0.1) is 0 Å². The average Bonchev–Trinajstić information content (AvgIpc) is 3.00. The lowest BCUT2D eigenvalue weighted by atomic mass is 10.2. The summed E-state index contributed by atoms with van der Waals surface area (Å²) in [6, 6.07) is 3.89. The van der Waals surface area contributed by atoms with Crippen molar-refractivity contribution >= 4 is 47.8 Å². The molecule has 0 saturated carbocycles. The summed E-state index contributed by atoms with van der Waals surface area (Å²) in [7, 11) is 0. The van der Waals surface area contributed by atoms with Crippen LogP contribution >= 0.6 is 47.8 Å². The van der Waals surface area contributed by atoms with Gasteiger partial charge in [0.2, 0.25) is 0 Å². The SMILES string of the molecule is C=CCC1OC1COc1cc(Br)cc(Br)c1Br. The summed E-state index contributed by atoms with van der Waals surface area (Å²) in [6.07, 6.45) is 3.23. The molecule has 0 amide bonds. The van der Waals surface area contributed by atoms with Gasteiger partial charge in [-0.3, -0.25) is 0 Å². The van der Waals surface area contributed by atoms with Crippen LogP contribution in [0.1, 0.15) is 6.42 Å². The van der Waals surface area contributed by atoms with Crippen molar-refractivity contribution < 1.29 is 9.47 Å². The number of hydrogen-bond donors (Lipinski definition) is 0. The first-order chi connectivity index (χ1) is 8.11. The van der Waals surface area contributed by atoms with E-state index in [-0.39, 0.29) is 12.2 Å². The third kappa shape index (κ3) is 3.56. The van der Waals surface area contributed by atoms with Gasteiger partial charge < -0.3 is 9.47 Å². The number of ether oxygens (including phenoxy) is 2. The minimum Gasteiger partial charge on any atom is -0.490 e. The van der Waals surface area contributed by atoms with E-state index >= 15 is 0 Å². The zero-order valence-electron chi connectivity index (χ0n) is 8.96. The summed E-state index contributed by atoms with van der Waals surface area (Å²) in [5.74, 6) is 0.805. The standard InChI is InChI=1S/C12H11Br3O2/c1-2-3-9-11(17-9)6-16-10-5-7(13)4-8(14)12(10)15/h2,4-5,9,11H,1,3,6H2. The van der Waals surface area contributed by atoms with E-state index < -0.39 is 0 Å². The minimum absolute atomic E-state index is 0.192. The molecule has 0 aromatic heterocycles. The minimum atomic E-state index is 0.192. The van der Waals surface area contributed by atoms with Crippen molar-refractivity contribution in [2.45, 2.75) is 18.6 Å². The predicted molar refractivity (Wildman–Crippen MR) is 78.5 cm³/mol. The smallest absolute Gasteiger partial charge is 0.135 e. The summed E-state index contributed by atoms with van der Waals surface area (Å²) >= 11 is 10.4. The molecule has 2 rings (SSSR count). The maximum atomic E-state index is 5.73. The highest BCUT2D eigenvalue weighted by Gasteiger charge is 2.38. The molecule has 0 N–H and O–H groups in total. The summed E-state index contributed by atoms with van der Waals surface area (Å²) in [6.45, 7) is 4.26. The predicted octanol–water partition coefficient (Wildman–Crippen LogP) is 4.70. The molecule has 1 aromatic carbocycles. The van der Waals surface area contributed by atoms with Crippen LogP contribution in [0.4, 0.5) is 0 Å². The Morgan fingerprint density at radius 2 is 2.06 bits per heavy atom. The molecule has 0 bridgehead atoms. The molecule has 2 unspecified atom stereocenters. The van der Waals surface area contributed by atoms with Crippen LogP contribution in [-0.4, -0.2) is 18.8 Å². The van der Waals surface area contributed by atoms with Gasteiger partial charge in [0.25, 0.3) is 0 Å². The van der Waals surface area contributed by atoms with Crippen LogP contribution in [0.25, 0.3) is 0 Å². The highest BCUT2D eigenvalue weighted by molar-refractivity contribution is 9.13. The second-order valence-electron chi connectivity index (χ2n) is 3.75. The zero-order valence-corrected chi connectivity index (χ0v) is 13.7. The van der Waals surface area contributed by atoms with Crippen molar-refractivity contribution in [3.05, 3.63) is 38.2 Å². The van der Waals surface area contributed by atoms with Gasteiger partial charge in [-0.05, 0) is 50.4 Å². The van der Waals surface area contributed by atoms with Gasteiger partial charge in [0, 0.05) is 8.95 Å². The topological polar surface area (TPSA) is 21.8 Å². The molecule has 17 heavy (non-hydrogen) atoms. The first-order valence-corrected chi connectivity index (χ1v) is 7.53. The molecular formula is C12H11Br3O2. The maximum Gasteiger partial charge on any atom is 0.135 e. The Morgan fingerprint density at radius 3 is 2.76 bits per heavy atom. The van der Waals surface area contributed by atoms with Gasteiger partial charge in [-0.15, -0.1) is 6.58 Å². The Bertz CT molecular complexity index is 434. The first-order valence-electron chi connectivity index (χ1n) is 5.15. The van der Waals surface area contributed by atoms with Crippen LogP contribution in [0.15, 0.2) is 38.2 Å². The van der Waals surface area contributed by atoms with Gasteiger partial charge in [0.05, 0.1) is 10.6 Å². The molecule has 0 radical (unpaired) electrons. The monoisotopic (exact) mass is 424 g/mol. The van der Waals surface area contributed by atoms with Gasteiger partial charge in [0.15, 0.2) is 0 Å². The van der Waals surface area contributed by atoms with Crippen LogP contribution in [0.3, 0.4) is 0 Å². The Labute approximate surface area is 126 Å². The Morgan fingerprint density at radius 1 is 1.29 bits per heavy atom. The zero-order chi connectivity index (χ0) is 12.4. The fraction of sp³-hybridized carbons (Fsp3) is 0.333. The number of epoxide rings is 1.